The summed E-state index contributed by atoms with van der Waals surface area (Å²) in [6, 6.07) is 5.06. The minimum atomic E-state index is -0.627. The first-order chi connectivity index (χ1) is 7.72. The lowest BCUT2D eigenvalue weighted by Gasteiger charge is -2.00. The molecular formula is C11H9NO3S. The van der Waals surface area contributed by atoms with Crippen LogP contribution in [0.2, 0.25) is 0 Å². The van der Waals surface area contributed by atoms with E-state index in [2.05, 4.69) is 9.72 Å². The average molecular weight is 235 g/mol. The van der Waals surface area contributed by atoms with Crippen molar-refractivity contribution in [3.05, 3.63) is 44.9 Å². The van der Waals surface area contributed by atoms with Crippen LogP contribution in [-0.4, -0.2) is 18.1 Å². The van der Waals surface area contributed by atoms with Crippen LogP contribution in [0.25, 0.3) is 11.3 Å². The summed E-state index contributed by atoms with van der Waals surface area (Å²) >= 11 is 1.54. The molecular weight excluding hydrogens is 226 g/mol. The predicted octanol–water partition coefficient (Wildman–Crippen LogP) is 1.89. The number of H-pyrrole nitrogens is 1. The molecule has 0 radical (unpaired) electrons. The maximum absolute atomic E-state index is 11.6. The van der Waals surface area contributed by atoms with Crippen LogP contribution in [-0.2, 0) is 4.74 Å². The Kier molecular flexibility index (Phi) is 2.87. The predicted molar refractivity (Wildman–Crippen MR) is 61.7 cm³/mol. The molecule has 0 bridgehead atoms. The molecule has 0 fully saturated rings. The van der Waals surface area contributed by atoms with Gasteiger partial charge in [-0.2, -0.15) is 11.3 Å². The Bertz CT molecular complexity index is 557. The minimum absolute atomic E-state index is 0.0153. The van der Waals surface area contributed by atoms with Gasteiger partial charge < -0.3 is 9.72 Å². The molecule has 2 aromatic rings. The van der Waals surface area contributed by atoms with Gasteiger partial charge in [0.05, 0.1) is 7.11 Å². The molecule has 0 aliphatic rings. The van der Waals surface area contributed by atoms with E-state index in [4.69, 9.17) is 0 Å². The molecule has 2 rings (SSSR count). The Balaban J connectivity index is 2.45. The number of pyridine rings is 1. The van der Waals surface area contributed by atoms with Gasteiger partial charge in [-0.05, 0) is 23.6 Å². The van der Waals surface area contributed by atoms with Crippen LogP contribution in [0.1, 0.15) is 10.4 Å². The highest BCUT2D eigenvalue weighted by Gasteiger charge is 2.11. The fourth-order valence-corrected chi connectivity index (χ4v) is 1.99. The summed E-state index contributed by atoms with van der Waals surface area (Å²) in [6.45, 7) is 0. The number of carbonyl (C=O) groups excluding carboxylic acids is 1. The highest BCUT2D eigenvalue weighted by atomic mass is 32.1. The zero-order chi connectivity index (χ0) is 11.5. The van der Waals surface area contributed by atoms with Gasteiger partial charge in [0.25, 0.3) is 5.56 Å². The van der Waals surface area contributed by atoms with Crippen molar-refractivity contribution in [1.29, 1.82) is 0 Å². The van der Waals surface area contributed by atoms with Gasteiger partial charge in [-0.15, -0.1) is 0 Å². The smallest absolute Gasteiger partial charge is 0.343 e. The molecule has 0 unspecified atom stereocenters. The van der Waals surface area contributed by atoms with Gasteiger partial charge in [-0.25, -0.2) is 4.79 Å². The quantitative estimate of drug-likeness (QED) is 0.808. The summed E-state index contributed by atoms with van der Waals surface area (Å²) in [6.07, 6.45) is 0. The normalized spacial score (nSPS) is 10.1. The van der Waals surface area contributed by atoms with E-state index in [0.717, 1.165) is 5.56 Å². The molecule has 16 heavy (non-hydrogen) atoms. The summed E-state index contributed by atoms with van der Waals surface area (Å²) in [5, 5.41) is 3.84. The van der Waals surface area contributed by atoms with Gasteiger partial charge in [0.1, 0.15) is 5.56 Å². The summed E-state index contributed by atoms with van der Waals surface area (Å²) in [4.78, 5) is 25.4. The van der Waals surface area contributed by atoms with Crippen LogP contribution < -0.4 is 5.56 Å². The van der Waals surface area contributed by atoms with E-state index in [-0.39, 0.29) is 5.56 Å². The third-order valence-corrected chi connectivity index (χ3v) is 2.83. The second-order valence-corrected chi connectivity index (χ2v) is 3.90. The lowest BCUT2D eigenvalue weighted by molar-refractivity contribution is 0.0598. The largest absolute Gasteiger partial charge is 0.465 e. The molecule has 0 saturated heterocycles. The third-order valence-electron chi connectivity index (χ3n) is 2.15. The van der Waals surface area contributed by atoms with Gasteiger partial charge in [0, 0.05) is 16.6 Å². The van der Waals surface area contributed by atoms with E-state index >= 15 is 0 Å². The maximum atomic E-state index is 11.6. The molecule has 0 spiro atoms. The van der Waals surface area contributed by atoms with E-state index in [0.29, 0.717) is 5.69 Å². The Morgan fingerprint density at radius 3 is 2.75 bits per heavy atom. The second-order valence-electron chi connectivity index (χ2n) is 3.12. The Hall–Kier alpha value is -1.88. The van der Waals surface area contributed by atoms with Crippen LogP contribution in [0, 0.1) is 0 Å². The lowest BCUT2D eigenvalue weighted by atomic mass is 10.2. The number of nitrogens with one attached hydrogen (secondary N) is 1. The number of esters is 1. The number of ether oxygens (including phenoxy) is 1. The number of thiophene rings is 1. The topological polar surface area (TPSA) is 59.2 Å². The van der Waals surface area contributed by atoms with Crippen molar-refractivity contribution in [1.82, 2.24) is 4.98 Å². The molecule has 2 aromatic heterocycles. The molecule has 0 saturated carbocycles. The van der Waals surface area contributed by atoms with Crippen molar-refractivity contribution in [2.45, 2.75) is 0 Å². The van der Waals surface area contributed by atoms with Crippen molar-refractivity contribution in [2.24, 2.45) is 0 Å². The van der Waals surface area contributed by atoms with E-state index in [1.54, 1.807) is 17.4 Å². The SMILES string of the molecule is COC(=O)c1ccc(-c2ccsc2)[nH]c1=O. The highest BCUT2D eigenvalue weighted by Crippen LogP contribution is 2.18. The average Bonchev–Trinajstić information content (AvgIpc) is 2.81. The standard InChI is InChI=1S/C11H9NO3S/c1-15-11(14)8-2-3-9(12-10(8)13)7-4-5-16-6-7/h2-6H,1H3,(H,12,13). The highest BCUT2D eigenvalue weighted by molar-refractivity contribution is 7.08. The van der Waals surface area contributed by atoms with Crippen molar-refractivity contribution in [3.8, 4) is 11.3 Å². The Morgan fingerprint density at radius 2 is 2.19 bits per heavy atom. The number of aromatic amines is 1. The molecule has 5 heteroatoms. The summed E-state index contributed by atoms with van der Waals surface area (Å²) in [7, 11) is 1.24. The fraction of sp³-hybridized carbons (Fsp3) is 0.0909. The number of hydrogen-bond acceptors (Lipinski definition) is 4. The first-order valence-electron chi connectivity index (χ1n) is 4.56. The molecule has 0 atom stereocenters. The van der Waals surface area contributed by atoms with Gasteiger partial charge in [0.2, 0.25) is 0 Å². The summed E-state index contributed by atoms with van der Waals surface area (Å²) in [5.74, 6) is -0.627. The monoisotopic (exact) mass is 235 g/mol. The van der Waals surface area contributed by atoms with E-state index in [9.17, 15) is 9.59 Å². The Morgan fingerprint density at radius 1 is 1.38 bits per heavy atom. The first kappa shape index (κ1) is 10.6. The number of aromatic nitrogens is 1. The van der Waals surface area contributed by atoms with Crippen molar-refractivity contribution >= 4 is 17.3 Å². The molecule has 2 heterocycles. The maximum Gasteiger partial charge on any atom is 0.343 e. The van der Waals surface area contributed by atoms with Gasteiger partial charge in [-0.3, -0.25) is 4.79 Å². The second kappa shape index (κ2) is 4.32. The number of methoxy groups -OCH3 is 1. The number of rotatable bonds is 2. The summed E-state index contributed by atoms with van der Waals surface area (Å²) in [5.41, 5.74) is 1.20. The molecule has 82 valence electrons. The number of hydrogen-bond donors (Lipinski definition) is 1. The van der Waals surface area contributed by atoms with Crippen molar-refractivity contribution in [2.75, 3.05) is 7.11 Å². The van der Waals surface area contributed by atoms with Crippen molar-refractivity contribution < 1.29 is 9.53 Å². The Labute approximate surface area is 95.5 Å². The molecule has 0 amide bonds. The first-order valence-corrected chi connectivity index (χ1v) is 5.51. The third kappa shape index (κ3) is 1.90. The van der Waals surface area contributed by atoms with Crippen LogP contribution in [0.5, 0.6) is 0 Å². The zero-order valence-corrected chi connectivity index (χ0v) is 9.34. The molecule has 1 N–H and O–H groups in total. The number of carbonyl (C=O) groups is 1. The fourth-order valence-electron chi connectivity index (χ4n) is 1.33. The van der Waals surface area contributed by atoms with Crippen LogP contribution >= 0.6 is 11.3 Å². The van der Waals surface area contributed by atoms with Gasteiger partial charge in [-0.1, -0.05) is 0 Å². The van der Waals surface area contributed by atoms with Crippen molar-refractivity contribution in [3.63, 3.8) is 0 Å². The minimum Gasteiger partial charge on any atom is -0.465 e. The van der Waals surface area contributed by atoms with Gasteiger partial charge >= 0.3 is 5.97 Å². The molecule has 4 nitrogen and oxygen atoms in total. The summed E-state index contributed by atoms with van der Waals surface area (Å²) < 4.78 is 4.49. The van der Waals surface area contributed by atoms with E-state index < -0.39 is 11.5 Å². The van der Waals surface area contributed by atoms with Crippen LogP contribution in [0.3, 0.4) is 0 Å². The molecule has 0 aromatic carbocycles. The van der Waals surface area contributed by atoms with Crippen LogP contribution in [0.4, 0.5) is 0 Å². The van der Waals surface area contributed by atoms with Gasteiger partial charge in [0.15, 0.2) is 0 Å². The lowest BCUT2D eigenvalue weighted by Crippen LogP contribution is -2.18. The molecule has 0 aliphatic heterocycles. The zero-order valence-electron chi connectivity index (χ0n) is 8.52. The van der Waals surface area contributed by atoms with Crippen LogP contribution in [0.15, 0.2) is 33.8 Å². The molecule has 0 aliphatic carbocycles. The van der Waals surface area contributed by atoms with E-state index in [1.807, 2.05) is 16.8 Å². The van der Waals surface area contributed by atoms with E-state index in [1.165, 1.54) is 13.2 Å².